The molecule has 0 aromatic rings. The molecule has 100 valence electrons. The lowest BCUT2D eigenvalue weighted by atomic mass is 9.78. The van der Waals surface area contributed by atoms with Crippen LogP contribution >= 0.6 is 12.2 Å². The van der Waals surface area contributed by atoms with Gasteiger partial charge in [0.2, 0.25) is 0 Å². The molecule has 0 amide bonds. The van der Waals surface area contributed by atoms with Crippen LogP contribution in [0.1, 0.15) is 53.4 Å². The summed E-state index contributed by atoms with van der Waals surface area (Å²) in [6.45, 7) is 10.4. The third kappa shape index (κ3) is 4.55. The molecule has 0 bridgehead atoms. The quantitative estimate of drug-likeness (QED) is 0.766. The first kappa shape index (κ1) is 14.9. The van der Waals surface area contributed by atoms with E-state index in [0.717, 1.165) is 30.8 Å². The summed E-state index contributed by atoms with van der Waals surface area (Å²) in [4.78, 5) is 3.24. The van der Waals surface area contributed by atoms with Gasteiger partial charge in [0, 0.05) is 25.0 Å². The molecule has 1 aliphatic carbocycles. The Balaban J connectivity index is 2.55. The number of hydrogen-bond acceptors (Lipinski definition) is 2. The van der Waals surface area contributed by atoms with Crippen LogP contribution in [0.15, 0.2) is 0 Å². The first-order valence-corrected chi connectivity index (χ1v) is 7.36. The van der Waals surface area contributed by atoms with E-state index in [1.807, 2.05) is 0 Å². The van der Waals surface area contributed by atoms with Crippen molar-refractivity contribution in [2.24, 2.45) is 17.6 Å². The molecule has 0 radical (unpaired) electrons. The lowest BCUT2D eigenvalue weighted by molar-refractivity contribution is 0.0859. The van der Waals surface area contributed by atoms with Crippen molar-refractivity contribution in [1.82, 2.24) is 4.90 Å². The van der Waals surface area contributed by atoms with Crippen LogP contribution in [0, 0.1) is 11.8 Å². The molecule has 17 heavy (non-hydrogen) atoms. The average Bonchev–Trinajstić information content (AvgIpc) is 2.22. The molecular weight excluding hydrogens is 228 g/mol. The summed E-state index contributed by atoms with van der Waals surface area (Å²) in [7, 11) is 0. The molecule has 0 aromatic heterocycles. The van der Waals surface area contributed by atoms with E-state index in [4.69, 9.17) is 18.0 Å². The highest BCUT2D eigenvalue weighted by molar-refractivity contribution is 7.80. The number of rotatable bonds is 5. The Morgan fingerprint density at radius 3 is 2.41 bits per heavy atom. The number of nitrogens with zero attached hydrogens (tertiary/aromatic N) is 1. The highest BCUT2D eigenvalue weighted by Crippen LogP contribution is 2.32. The van der Waals surface area contributed by atoms with Crippen LogP contribution in [0.3, 0.4) is 0 Å². The van der Waals surface area contributed by atoms with E-state index in [2.05, 4.69) is 32.6 Å². The average molecular weight is 256 g/mol. The molecule has 0 aliphatic heterocycles. The van der Waals surface area contributed by atoms with Crippen molar-refractivity contribution < 1.29 is 0 Å². The maximum atomic E-state index is 5.62. The van der Waals surface area contributed by atoms with Crippen LogP contribution in [0.2, 0.25) is 0 Å². The third-order valence-electron chi connectivity index (χ3n) is 4.32. The topological polar surface area (TPSA) is 29.3 Å². The Morgan fingerprint density at radius 1 is 1.29 bits per heavy atom. The van der Waals surface area contributed by atoms with Gasteiger partial charge in [0.1, 0.15) is 0 Å². The fraction of sp³-hybridized carbons (Fsp3) is 0.929. The molecule has 1 fully saturated rings. The normalized spacial score (nSPS) is 29.9. The smallest absolute Gasteiger partial charge is 0.0740 e. The van der Waals surface area contributed by atoms with Gasteiger partial charge in [-0.3, -0.25) is 4.90 Å². The van der Waals surface area contributed by atoms with Gasteiger partial charge in [-0.2, -0.15) is 0 Å². The van der Waals surface area contributed by atoms with Crippen molar-refractivity contribution in [3.05, 3.63) is 0 Å². The first-order valence-electron chi connectivity index (χ1n) is 6.95. The largest absolute Gasteiger partial charge is 0.393 e. The van der Waals surface area contributed by atoms with Crippen LogP contribution in [-0.2, 0) is 0 Å². The van der Waals surface area contributed by atoms with Gasteiger partial charge in [0.05, 0.1) is 4.99 Å². The zero-order valence-electron chi connectivity index (χ0n) is 11.8. The Labute approximate surface area is 112 Å². The van der Waals surface area contributed by atoms with Gasteiger partial charge < -0.3 is 5.73 Å². The SMILES string of the molecule is CC1CCC(N(CCC(N)=S)C(C)C)CC1C. The summed E-state index contributed by atoms with van der Waals surface area (Å²) < 4.78 is 0. The van der Waals surface area contributed by atoms with Crippen molar-refractivity contribution in [2.75, 3.05) is 6.54 Å². The fourth-order valence-corrected chi connectivity index (χ4v) is 3.01. The van der Waals surface area contributed by atoms with Gasteiger partial charge in [0.25, 0.3) is 0 Å². The predicted octanol–water partition coefficient (Wildman–Crippen LogP) is 3.20. The summed E-state index contributed by atoms with van der Waals surface area (Å²) >= 11 is 4.99. The maximum Gasteiger partial charge on any atom is 0.0740 e. The predicted molar refractivity (Wildman–Crippen MR) is 79.2 cm³/mol. The van der Waals surface area contributed by atoms with Crippen LogP contribution in [0.4, 0.5) is 0 Å². The monoisotopic (exact) mass is 256 g/mol. The van der Waals surface area contributed by atoms with Crippen molar-refractivity contribution >= 4 is 17.2 Å². The van der Waals surface area contributed by atoms with E-state index in [-0.39, 0.29) is 0 Å². The summed E-state index contributed by atoms with van der Waals surface area (Å²) in [6.07, 6.45) is 4.88. The van der Waals surface area contributed by atoms with E-state index in [9.17, 15) is 0 Å². The van der Waals surface area contributed by atoms with E-state index in [0.29, 0.717) is 11.0 Å². The van der Waals surface area contributed by atoms with E-state index in [1.165, 1.54) is 19.3 Å². The number of hydrogen-bond donors (Lipinski definition) is 1. The summed E-state index contributed by atoms with van der Waals surface area (Å²) in [6, 6.07) is 1.32. The third-order valence-corrected chi connectivity index (χ3v) is 4.52. The Bertz CT molecular complexity index is 253. The van der Waals surface area contributed by atoms with Crippen LogP contribution in [-0.4, -0.2) is 28.5 Å². The second kappa shape index (κ2) is 6.69. The minimum atomic E-state index is 0.593. The lowest BCUT2D eigenvalue weighted by Gasteiger charge is -2.41. The molecule has 3 heteroatoms. The molecule has 0 heterocycles. The number of nitrogens with two attached hydrogens (primary N) is 1. The molecule has 1 rings (SSSR count). The summed E-state index contributed by atoms with van der Waals surface area (Å²) in [5.41, 5.74) is 5.62. The molecule has 0 spiro atoms. The van der Waals surface area contributed by atoms with Gasteiger partial charge in [-0.25, -0.2) is 0 Å². The molecular formula is C14H28N2S. The molecule has 3 unspecified atom stereocenters. The van der Waals surface area contributed by atoms with E-state index in [1.54, 1.807) is 0 Å². The zero-order valence-corrected chi connectivity index (χ0v) is 12.6. The van der Waals surface area contributed by atoms with Gasteiger partial charge >= 0.3 is 0 Å². The summed E-state index contributed by atoms with van der Waals surface area (Å²) in [5.74, 6) is 1.73. The standard InChI is InChI=1S/C14H28N2S/c1-10(2)16(8-7-14(15)17)13-6-5-11(3)12(4)9-13/h10-13H,5-9H2,1-4H3,(H2,15,17). The number of thiocarbonyl (C=S) groups is 1. The van der Waals surface area contributed by atoms with Crippen LogP contribution in [0.25, 0.3) is 0 Å². The second-order valence-electron chi connectivity index (χ2n) is 5.97. The van der Waals surface area contributed by atoms with Crippen LogP contribution in [0.5, 0.6) is 0 Å². The fourth-order valence-electron chi connectivity index (χ4n) is 2.92. The Morgan fingerprint density at radius 2 is 1.94 bits per heavy atom. The van der Waals surface area contributed by atoms with Crippen molar-refractivity contribution in [3.8, 4) is 0 Å². The lowest BCUT2D eigenvalue weighted by Crippen LogP contribution is -2.45. The van der Waals surface area contributed by atoms with Crippen molar-refractivity contribution in [3.63, 3.8) is 0 Å². The Hall–Kier alpha value is -0.150. The maximum absolute atomic E-state index is 5.62. The molecule has 2 nitrogen and oxygen atoms in total. The van der Waals surface area contributed by atoms with E-state index >= 15 is 0 Å². The Kier molecular flexibility index (Phi) is 5.87. The zero-order chi connectivity index (χ0) is 13.0. The highest BCUT2D eigenvalue weighted by atomic mass is 32.1. The minimum Gasteiger partial charge on any atom is -0.393 e. The summed E-state index contributed by atoms with van der Waals surface area (Å²) in [5, 5.41) is 0. The second-order valence-corrected chi connectivity index (χ2v) is 6.49. The van der Waals surface area contributed by atoms with Crippen molar-refractivity contribution in [1.29, 1.82) is 0 Å². The molecule has 0 saturated heterocycles. The van der Waals surface area contributed by atoms with Gasteiger partial charge in [0.15, 0.2) is 0 Å². The van der Waals surface area contributed by atoms with Gasteiger partial charge in [-0.05, 0) is 44.9 Å². The molecule has 2 N–H and O–H groups in total. The first-order chi connectivity index (χ1) is 7.91. The molecule has 1 saturated carbocycles. The van der Waals surface area contributed by atoms with E-state index < -0.39 is 0 Å². The van der Waals surface area contributed by atoms with Crippen LogP contribution < -0.4 is 5.73 Å². The van der Waals surface area contributed by atoms with Crippen molar-refractivity contribution in [2.45, 2.75) is 65.5 Å². The van der Waals surface area contributed by atoms with Gasteiger partial charge in [-0.1, -0.05) is 26.1 Å². The molecule has 1 aliphatic rings. The molecule has 0 aromatic carbocycles. The minimum absolute atomic E-state index is 0.593. The molecule has 3 atom stereocenters. The van der Waals surface area contributed by atoms with Gasteiger partial charge in [-0.15, -0.1) is 0 Å². The highest BCUT2D eigenvalue weighted by Gasteiger charge is 2.29.